The van der Waals surface area contributed by atoms with Gasteiger partial charge in [0, 0.05) is 10.9 Å². The van der Waals surface area contributed by atoms with E-state index < -0.39 is 18.1 Å². The number of carbonyl (C=O) groups excluding carboxylic acids is 1. The van der Waals surface area contributed by atoms with E-state index in [1.165, 1.54) is 0 Å². The van der Waals surface area contributed by atoms with Crippen LogP contribution in [0.4, 0.5) is 4.79 Å². The number of halogens is 1. The third kappa shape index (κ3) is 4.75. The van der Waals surface area contributed by atoms with Crippen molar-refractivity contribution in [2.45, 2.75) is 19.4 Å². The Morgan fingerprint density at radius 3 is 2.50 bits per heavy atom. The van der Waals surface area contributed by atoms with Gasteiger partial charge in [0.25, 0.3) is 0 Å². The van der Waals surface area contributed by atoms with E-state index in [1.807, 2.05) is 12.1 Å². The third-order valence-electron chi connectivity index (χ3n) is 2.22. The van der Waals surface area contributed by atoms with E-state index in [4.69, 9.17) is 5.11 Å². The highest BCUT2D eigenvalue weighted by molar-refractivity contribution is 9.10. The standard InChI is InChI=1S/C12H14BrNO4/c1-2-18-12(17)14-10(11(15)16)7-8-3-5-9(13)6-4-8/h3-6,10H,2,7H2,1H3,(H,14,17)(H,15,16)/t10-/m0/s1. The molecule has 0 aliphatic carbocycles. The zero-order valence-electron chi connectivity index (χ0n) is 9.85. The van der Waals surface area contributed by atoms with E-state index in [-0.39, 0.29) is 13.0 Å². The predicted octanol–water partition coefficient (Wildman–Crippen LogP) is 2.19. The number of nitrogens with one attached hydrogen (secondary N) is 1. The summed E-state index contributed by atoms with van der Waals surface area (Å²) in [5.41, 5.74) is 0.822. The van der Waals surface area contributed by atoms with Gasteiger partial charge in [0.15, 0.2) is 0 Å². The molecule has 6 heteroatoms. The maximum Gasteiger partial charge on any atom is 0.407 e. The molecule has 1 amide bonds. The molecule has 0 aromatic heterocycles. The first-order valence-electron chi connectivity index (χ1n) is 5.43. The van der Waals surface area contributed by atoms with Crippen LogP contribution in [0.3, 0.4) is 0 Å². The van der Waals surface area contributed by atoms with Gasteiger partial charge in [0.2, 0.25) is 0 Å². The average molecular weight is 316 g/mol. The van der Waals surface area contributed by atoms with Crippen molar-refractivity contribution in [1.82, 2.24) is 5.32 Å². The monoisotopic (exact) mass is 315 g/mol. The highest BCUT2D eigenvalue weighted by Gasteiger charge is 2.20. The first-order chi connectivity index (χ1) is 8.52. The third-order valence-corrected chi connectivity index (χ3v) is 2.75. The van der Waals surface area contributed by atoms with Crippen LogP contribution < -0.4 is 5.32 Å². The molecule has 0 radical (unpaired) electrons. The molecule has 1 aromatic rings. The van der Waals surface area contributed by atoms with Crippen LogP contribution in [-0.4, -0.2) is 29.8 Å². The van der Waals surface area contributed by atoms with Gasteiger partial charge in [0.05, 0.1) is 6.61 Å². The Kier molecular flexibility index (Phi) is 5.64. The minimum absolute atomic E-state index is 0.205. The summed E-state index contributed by atoms with van der Waals surface area (Å²) in [4.78, 5) is 22.2. The molecule has 0 saturated heterocycles. The molecule has 0 saturated carbocycles. The van der Waals surface area contributed by atoms with Crippen LogP contribution in [-0.2, 0) is 16.0 Å². The van der Waals surface area contributed by atoms with E-state index in [0.717, 1.165) is 10.0 Å². The molecule has 98 valence electrons. The maximum absolute atomic E-state index is 11.2. The first-order valence-corrected chi connectivity index (χ1v) is 6.22. The molecule has 1 aromatic carbocycles. The molecule has 18 heavy (non-hydrogen) atoms. The normalized spacial score (nSPS) is 11.7. The SMILES string of the molecule is CCOC(=O)N[C@@H](Cc1ccc(Br)cc1)C(=O)O. The Balaban J connectivity index is 2.65. The predicted molar refractivity (Wildman–Crippen MR) is 69.4 cm³/mol. The van der Waals surface area contributed by atoms with Gasteiger partial charge in [-0.05, 0) is 24.6 Å². The van der Waals surface area contributed by atoms with E-state index in [1.54, 1.807) is 19.1 Å². The Bertz CT molecular complexity index is 419. The zero-order valence-corrected chi connectivity index (χ0v) is 11.4. The number of rotatable bonds is 5. The number of carboxylic acids is 1. The first kappa shape index (κ1) is 14.5. The minimum Gasteiger partial charge on any atom is -0.480 e. The van der Waals surface area contributed by atoms with Gasteiger partial charge in [-0.2, -0.15) is 0 Å². The van der Waals surface area contributed by atoms with Crippen molar-refractivity contribution in [1.29, 1.82) is 0 Å². The molecule has 2 N–H and O–H groups in total. The lowest BCUT2D eigenvalue weighted by molar-refractivity contribution is -0.139. The van der Waals surface area contributed by atoms with Crippen molar-refractivity contribution in [2.24, 2.45) is 0 Å². The second-order valence-electron chi connectivity index (χ2n) is 3.59. The molecular weight excluding hydrogens is 302 g/mol. The van der Waals surface area contributed by atoms with Crippen LogP contribution in [0.5, 0.6) is 0 Å². The number of hydrogen-bond donors (Lipinski definition) is 2. The highest BCUT2D eigenvalue weighted by Crippen LogP contribution is 2.12. The fraction of sp³-hybridized carbons (Fsp3) is 0.333. The van der Waals surface area contributed by atoms with Crippen molar-refractivity contribution < 1.29 is 19.4 Å². The quantitative estimate of drug-likeness (QED) is 0.873. The zero-order chi connectivity index (χ0) is 13.5. The van der Waals surface area contributed by atoms with Crippen molar-refractivity contribution in [3.63, 3.8) is 0 Å². The van der Waals surface area contributed by atoms with Crippen LogP contribution in [0, 0.1) is 0 Å². The second kappa shape index (κ2) is 7.00. The summed E-state index contributed by atoms with van der Waals surface area (Å²) in [7, 11) is 0. The summed E-state index contributed by atoms with van der Waals surface area (Å²) in [6.45, 7) is 1.86. The molecule has 1 rings (SSSR count). The lowest BCUT2D eigenvalue weighted by Gasteiger charge is -2.14. The fourth-order valence-corrected chi connectivity index (χ4v) is 1.64. The Hall–Kier alpha value is -1.56. The van der Waals surface area contributed by atoms with Gasteiger partial charge >= 0.3 is 12.1 Å². The van der Waals surface area contributed by atoms with Crippen LogP contribution in [0.25, 0.3) is 0 Å². The maximum atomic E-state index is 11.2. The summed E-state index contributed by atoms with van der Waals surface area (Å²) in [6, 6.07) is 6.24. The largest absolute Gasteiger partial charge is 0.480 e. The number of amides is 1. The molecule has 0 heterocycles. The molecule has 0 bridgehead atoms. The number of alkyl carbamates (subject to hydrolysis) is 1. The van der Waals surface area contributed by atoms with Crippen LogP contribution >= 0.6 is 15.9 Å². The topological polar surface area (TPSA) is 75.6 Å². The van der Waals surface area contributed by atoms with Crippen molar-refractivity contribution >= 4 is 28.0 Å². The Morgan fingerprint density at radius 1 is 1.39 bits per heavy atom. The molecule has 0 unspecified atom stereocenters. The smallest absolute Gasteiger partial charge is 0.407 e. The van der Waals surface area contributed by atoms with Crippen molar-refractivity contribution in [3.05, 3.63) is 34.3 Å². The van der Waals surface area contributed by atoms with Crippen LogP contribution in [0.1, 0.15) is 12.5 Å². The Labute approximate surface area is 113 Å². The van der Waals surface area contributed by atoms with Gasteiger partial charge < -0.3 is 15.2 Å². The number of hydrogen-bond acceptors (Lipinski definition) is 3. The van der Waals surface area contributed by atoms with Gasteiger partial charge in [-0.3, -0.25) is 0 Å². The summed E-state index contributed by atoms with van der Waals surface area (Å²) in [5, 5.41) is 11.3. The molecule has 0 fully saturated rings. The molecule has 0 aliphatic heterocycles. The minimum atomic E-state index is -1.09. The van der Waals surface area contributed by atoms with Gasteiger partial charge in [-0.25, -0.2) is 9.59 Å². The highest BCUT2D eigenvalue weighted by atomic mass is 79.9. The van der Waals surface area contributed by atoms with Gasteiger partial charge in [0.1, 0.15) is 6.04 Å². The molecule has 5 nitrogen and oxygen atoms in total. The molecule has 0 aliphatic rings. The number of aliphatic carboxylic acids is 1. The molecule has 1 atom stereocenters. The average Bonchev–Trinajstić information content (AvgIpc) is 2.31. The van der Waals surface area contributed by atoms with Crippen LogP contribution in [0.15, 0.2) is 28.7 Å². The van der Waals surface area contributed by atoms with Crippen molar-refractivity contribution in [2.75, 3.05) is 6.61 Å². The summed E-state index contributed by atoms with van der Waals surface area (Å²) < 4.78 is 5.57. The van der Waals surface area contributed by atoms with E-state index in [9.17, 15) is 9.59 Å². The molecule has 0 spiro atoms. The Morgan fingerprint density at radius 2 is 2.00 bits per heavy atom. The number of benzene rings is 1. The lowest BCUT2D eigenvalue weighted by atomic mass is 10.1. The number of carboxylic acid groups (broad SMARTS) is 1. The van der Waals surface area contributed by atoms with E-state index >= 15 is 0 Å². The molecular formula is C12H14BrNO4. The fourth-order valence-electron chi connectivity index (χ4n) is 1.37. The van der Waals surface area contributed by atoms with Gasteiger partial charge in [-0.1, -0.05) is 28.1 Å². The van der Waals surface area contributed by atoms with Crippen molar-refractivity contribution in [3.8, 4) is 0 Å². The van der Waals surface area contributed by atoms with E-state index in [0.29, 0.717) is 0 Å². The summed E-state index contributed by atoms with van der Waals surface area (Å²) in [5.74, 6) is -1.09. The lowest BCUT2D eigenvalue weighted by Crippen LogP contribution is -2.42. The number of carbonyl (C=O) groups is 2. The van der Waals surface area contributed by atoms with Crippen LogP contribution in [0.2, 0.25) is 0 Å². The van der Waals surface area contributed by atoms with E-state index in [2.05, 4.69) is 26.0 Å². The second-order valence-corrected chi connectivity index (χ2v) is 4.50. The summed E-state index contributed by atoms with van der Waals surface area (Å²) in [6.07, 6.45) is -0.511. The van der Waals surface area contributed by atoms with Gasteiger partial charge in [-0.15, -0.1) is 0 Å². The number of ether oxygens (including phenoxy) is 1. The summed E-state index contributed by atoms with van der Waals surface area (Å²) >= 11 is 3.30.